The number of rotatable bonds is 0. The lowest BCUT2D eigenvalue weighted by Crippen LogP contribution is -1.86. The van der Waals surface area contributed by atoms with Gasteiger partial charge < -0.3 is 11.0 Å². The Morgan fingerprint density at radius 1 is 0.500 bits per heavy atom. The number of hydrogen-bond acceptors (Lipinski definition) is 4. The van der Waals surface area contributed by atoms with Crippen LogP contribution in [0.1, 0.15) is 0 Å². The fourth-order valence-corrected chi connectivity index (χ4v) is 1.42. The summed E-state index contributed by atoms with van der Waals surface area (Å²) in [4.78, 5) is 16.8. The average molecular weight is 218 g/mol. The Balaban J connectivity index is 0.000000640. The molecule has 0 aliphatic carbocycles. The molecule has 0 amide bonds. The Morgan fingerprint density at radius 2 is 0.750 bits per heavy atom. The van der Waals surface area contributed by atoms with Gasteiger partial charge in [-0.25, -0.2) is 0 Å². The summed E-state index contributed by atoms with van der Waals surface area (Å²) in [5, 5.41) is 0. The highest BCUT2D eigenvalue weighted by Crippen LogP contribution is 2.15. The molecule has 0 fully saturated rings. The van der Waals surface area contributed by atoms with Crippen LogP contribution in [0.25, 0.3) is 22.1 Å². The maximum Gasteiger partial charge on any atom is 0.0909 e. The van der Waals surface area contributed by atoms with Crippen molar-refractivity contribution in [2.75, 3.05) is 0 Å². The molecule has 3 rings (SSSR count). The predicted octanol–water partition coefficient (Wildman–Crippen LogP) is -0.0764. The monoisotopic (exact) mass is 218 g/mol. The molecule has 6 nitrogen and oxygen atoms in total. The Morgan fingerprint density at radius 3 is 1.00 bits per heavy atom. The van der Waals surface area contributed by atoms with Gasteiger partial charge in [-0.05, 0) is 12.1 Å². The Kier molecular flexibility index (Phi) is 3.39. The van der Waals surface area contributed by atoms with E-state index in [4.69, 9.17) is 0 Å². The van der Waals surface area contributed by atoms with Crippen LogP contribution in [0.4, 0.5) is 0 Å². The molecule has 0 atom stereocenters. The van der Waals surface area contributed by atoms with Crippen molar-refractivity contribution in [2.45, 2.75) is 0 Å². The second-order valence-electron chi connectivity index (χ2n) is 2.94. The van der Waals surface area contributed by atoms with Crippen LogP contribution in [0.2, 0.25) is 0 Å². The predicted molar refractivity (Wildman–Crippen MR) is 59.9 cm³/mol. The van der Waals surface area contributed by atoms with E-state index in [1.54, 1.807) is 24.8 Å². The average Bonchev–Trinajstić information content (AvgIpc) is 2.26. The second kappa shape index (κ2) is 4.56. The first kappa shape index (κ1) is 11.9. The van der Waals surface area contributed by atoms with E-state index in [9.17, 15) is 0 Å². The standard InChI is InChI=1S/C10H6N4.2H2O/c1-2-12-8-6-10-9(5-7(8)11-1)13-3-4-14-10;;/h1-6H;2*1H2. The van der Waals surface area contributed by atoms with E-state index in [0.29, 0.717) is 0 Å². The van der Waals surface area contributed by atoms with E-state index in [0.717, 1.165) is 22.1 Å². The first-order valence-corrected chi connectivity index (χ1v) is 4.25. The SMILES string of the molecule is O.O.c1cnc2cc3nccnc3cc2n1. The van der Waals surface area contributed by atoms with Crippen molar-refractivity contribution in [2.24, 2.45) is 0 Å². The molecule has 16 heavy (non-hydrogen) atoms. The van der Waals surface area contributed by atoms with E-state index in [1.807, 2.05) is 12.1 Å². The largest absolute Gasteiger partial charge is 0.412 e. The maximum absolute atomic E-state index is 4.20. The molecule has 4 N–H and O–H groups in total. The number of fused-ring (bicyclic) bond motifs is 2. The molecule has 0 spiro atoms. The van der Waals surface area contributed by atoms with Crippen molar-refractivity contribution in [1.82, 2.24) is 19.9 Å². The van der Waals surface area contributed by atoms with Gasteiger partial charge in [-0.3, -0.25) is 19.9 Å². The zero-order valence-corrected chi connectivity index (χ0v) is 8.25. The van der Waals surface area contributed by atoms with E-state index in [-0.39, 0.29) is 11.0 Å². The van der Waals surface area contributed by atoms with Gasteiger partial charge in [0.15, 0.2) is 0 Å². The Hall–Kier alpha value is -2.18. The lowest BCUT2D eigenvalue weighted by molar-refractivity contribution is 0.823. The highest BCUT2D eigenvalue weighted by Gasteiger charge is 1.99. The van der Waals surface area contributed by atoms with Gasteiger partial charge in [0, 0.05) is 24.8 Å². The molecule has 82 valence electrons. The van der Waals surface area contributed by atoms with Crippen LogP contribution in [-0.2, 0) is 0 Å². The molecule has 0 saturated carbocycles. The van der Waals surface area contributed by atoms with Crippen molar-refractivity contribution < 1.29 is 11.0 Å². The van der Waals surface area contributed by atoms with E-state index in [2.05, 4.69) is 19.9 Å². The second-order valence-corrected chi connectivity index (χ2v) is 2.94. The molecule has 1 aromatic carbocycles. The molecule has 0 unspecified atom stereocenters. The minimum atomic E-state index is 0. The van der Waals surface area contributed by atoms with Crippen LogP contribution in [0.3, 0.4) is 0 Å². The minimum absolute atomic E-state index is 0. The highest BCUT2D eigenvalue weighted by molar-refractivity contribution is 5.90. The van der Waals surface area contributed by atoms with Gasteiger partial charge in [-0.1, -0.05) is 0 Å². The third-order valence-electron chi connectivity index (χ3n) is 2.06. The third kappa shape index (κ3) is 1.79. The number of nitrogens with zero attached hydrogens (tertiary/aromatic N) is 4. The van der Waals surface area contributed by atoms with Gasteiger partial charge in [0.1, 0.15) is 0 Å². The Bertz CT molecular complexity index is 510. The molecule has 0 bridgehead atoms. The van der Waals surface area contributed by atoms with Crippen molar-refractivity contribution in [3.8, 4) is 0 Å². The summed E-state index contributed by atoms with van der Waals surface area (Å²) in [6, 6.07) is 3.79. The van der Waals surface area contributed by atoms with Crippen LogP contribution in [0.15, 0.2) is 36.9 Å². The zero-order chi connectivity index (χ0) is 9.38. The van der Waals surface area contributed by atoms with Crippen LogP contribution < -0.4 is 0 Å². The molecule has 3 aromatic rings. The van der Waals surface area contributed by atoms with Crippen molar-refractivity contribution in [1.29, 1.82) is 0 Å². The maximum atomic E-state index is 4.20. The van der Waals surface area contributed by atoms with E-state index >= 15 is 0 Å². The summed E-state index contributed by atoms with van der Waals surface area (Å²) in [7, 11) is 0. The van der Waals surface area contributed by atoms with Gasteiger partial charge >= 0.3 is 0 Å². The summed E-state index contributed by atoms with van der Waals surface area (Å²) in [5.41, 5.74) is 3.39. The topological polar surface area (TPSA) is 115 Å². The minimum Gasteiger partial charge on any atom is -0.412 e. The van der Waals surface area contributed by atoms with Crippen LogP contribution in [-0.4, -0.2) is 30.9 Å². The first-order chi connectivity index (χ1) is 6.93. The van der Waals surface area contributed by atoms with Crippen molar-refractivity contribution >= 4 is 22.1 Å². The lowest BCUT2D eigenvalue weighted by Gasteiger charge is -1.97. The fourth-order valence-electron chi connectivity index (χ4n) is 1.42. The molecule has 2 aromatic heterocycles. The third-order valence-corrected chi connectivity index (χ3v) is 2.06. The quantitative estimate of drug-likeness (QED) is 0.491. The number of benzene rings is 1. The Labute approximate surface area is 90.6 Å². The van der Waals surface area contributed by atoms with Gasteiger partial charge in [-0.2, -0.15) is 0 Å². The fraction of sp³-hybridized carbons (Fsp3) is 0. The number of aromatic nitrogens is 4. The molecular formula is C10H10N4O2. The number of hydrogen-bond donors (Lipinski definition) is 0. The molecule has 0 radical (unpaired) electrons. The van der Waals surface area contributed by atoms with Crippen LogP contribution in [0.5, 0.6) is 0 Å². The van der Waals surface area contributed by atoms with Gasteiger partial charge in [0.2, 0.25) is 0 Å². The van der Waals surface area contributed by atoms with Crippen molar-refractivity contribution in [3.05, 3.63) is 36.9 Å². The van der Waals surface area contributed by atoms with Gasteiger partial charge in [0.05, 0.1) is 22.1 Å². The normalized spacial score (nSPS) is 9.50. The zero-order valence-electron chi connectivity index (χ0n) is 8.25. The summed E-state index contributed by atoms with van der Waals surface area (Å²) < 4.78 is 0. The van der Waals surface area contributed by atoms with Crippen LogP contribution in [0, 0.1) is 0 Å². The van der Waals surface area contributed by atoms with Crippen molar-refractivity contribution in [3.63, 3.8) is 0 Å². The van der Waals surface area contributed by atoms with Gasteiger partial charge in [0.25, 0.3) is 0 Å². The molecule has 0 saturated heterocycles. The smallest absolute Gasteiger partial charge is 0.0909 e. The van der Waals surface area contributed by atoms with E-state index in [1.165, 1.54) is 0 Å². The van der Waals surface area contributed by atoms with Crippen LogP contribution >= 0.6 is 0 Å². The molecule has 0 aliphatic rings. The molecule has 0 aliphatic heterocycles. The highest BCUT2D eigenvalue weighted by atomic mass is 16.0. The summed E-state index contributed by atoms with van der Waals surface area (Å²) in [6.45, 7) is 0. The molecule has 6 heteroatoms. The summed E-state index contributed by atoms with van der Waals surface area (Å²) >= 11 is 0. The lowest BCUT2D eigenvalue weighted by atomic mass is 10.2. The molecular weight excluding hydrogens is 208 g/mol. The van der Waals surface area contributed by atoms with E-state index < -0.39 is 0 Å². The first-order valence-electron chi connectivity index (χ1n) is 4.25. The van der Waals surface area contributed by atoms with Gasteiger partial charge in [-0.15, -0.1) is 0 Å². The summed E-state index contributed by atoms with van der Waals surface area (Å²) in [6.07, 6.45) is 6.68. The summed E-state index contributed by atoms with van der Waals surface area (Å²) in [5.74, 6) is 0. The molecule has 2 heterocycles.